The lowest BCUT2D eigenvalue weighted by atomic mass is 9.96. The zero-order valence-corrected chi connectivity index (χ0v) is 15.8. The standard InChI is InChI=1S/C19H24N4O4/c1-19(2,3)26-18(24)22-10-8-15(9-11-22)17-20-16(27-21-17)5-4-14-6-12-23(25)13-7-14/h4-7,12-13,15H,8-11H2,1-3H3. The van der Waals surface area contributed by atoms with Crippen molar-refractivity contribution in [3.8, 4) is 0 Å². The number of hydrogen-bond acceptors (Lipinski definition) is 6. The van der Waals surface area contributed by atoms with E-state index in [9.17, 15) is 10.0 Å². The highest BCUT2D eigenvalue weighted by Gasteiger charge is 2.29. The van der Waals surface area contributed by atoms with Crippen molar-refractivity contribution in [1.29, 1.82) is 0 Å². The molecule has 0 bridgehead atoms. The molecule has 8 heteroatoms. The van der Waals surface area contributed by atoms with E-state index >= 15 is 0 Å². The van der Waals surface area contributed by atoms with Crippen LogP contribution in [0.25, 0.3) is 12.2 Å². The number of nitrogens with zero attached hydrogens (tertiary/aromatic N) is 4. The first-order valence-electron chi connectivity index (χ1n) is 8.98. The minimum Gasteiger partial charge on any atom is -0.619 e. The maximum atomic E-state index is 12.1. The van der Waals surface area contributed by atoms with Crippen molar-refractivity contribution in [2.45, 2.75) is 45.1 Å². The topological polar surface area (TPSA) is 95.4 Å². The van der Waals surface area contributed by atoms with Crippen molar-refractivity contribution in [3.05, 3.63) is 47.0 Å². The van der Waals surface area contributed by atoms with E-state index in [0.29, 0.717) is 24.8 Å². The normalized spacial score (nSPS) is 16.0. The molecule has 1 aliphatic rings. The van der Waals surface area contributed by atoms with Gasteiger partial charge in [0.25, 0.3) is 5.89 Å². The molecule has 8 nitrogen and oxygen atoms in total. The van der Waals surface area contributed by atoms with E-state index in [1.165, 1.54) is 12.4 Å². The van der Waals surface area contributed by atoms with E-state index < -0.39 is 5.60 Å². The van der Waals surface area contributed by atoms with E-state index in [1.807, 2.05) is 26.8 Å². The molecule has 27 heavy (non-hydrogen) atoms. The third-order valence-electron chi connectivity index (χ3n) is 4.22. The van der Waals surface area contributed by atoms with Crippen LogP contribution in [0.1, 0.15) is 56.8 Å². The zero-order chi connectivity index (χ0) is 19.4. The smallest absolute Gasteiger partial charge is 0.410 e. The van der Waals surface area contributed by atoms with Gasteiger partial charge >= 0.3 is 6.09 Å². The number of pyridine rings is 1. The Labute approximate surface area is 158 Å². The van der Waals surface area contributed by atoms with Gasteiger partial charge in [-0.1, -0.05) is 5.16 Å². The third-order valence-corrected chi connectivity index (χ3v) is 4.22. The lowest BCUT2D eigenvalue weighted by Crippen LogP contribution is -2.41. The van der Waals surface area contributed by atoms with Gasteiger partial charge in [0.1, 0.15) is 5.60 Å². The summed E-state index contributed by atoms with van der Waals surface area (Å²) in [5.74, 6) is 1.23. The first-order chi connectivity index (χ1) is 12.8. The Kier molecular flexibility index (Phi) is 5.43. The average Bonchev–Trinajstić information content (AvgIpc) is 3.09. The Hall–Kier alpha value is -2.90. The molecule has 3 rings (SSSR count). The van der Waals surface area contributed by atoms with Gasteiger partial charge in [0.05, 0.1) is 0 Å². The van der Waals surface area contributed by atoms with Crippen LogP contribution in [-0.4, -0.2) is 39.8 Å². The molecule has 0 radical (unpaired) electrons. The SMILES string of the molecule is CC(C)(C)OC(=O)N1CCC(c2noc(C=Cc3cc[n+]([O-])cc3)n2)CC1. The van der Waals surface area contributed by atoms with Crippen LogP contribution >= 0.6 is 0 Å². The highest BCUT2D eigenvalue weighted by atomic mass is 16.6. The molecular weight excluding hydrogens is 348 g/mol. The minimum absolute atomic E-state index is 0.158. The molecule has 0 unspecified atom stereocenters. The van der Waals surface area contributed by atoms with Gasteiger partial charge in [-0.3, -0.25) is 0 Å². The van der Waals surface area contributed by atoms with Crippen LogP contribution in [0.4, 0.5) is 4.79 Å². The fraction of sp³-hybridized carbons (Fsp3) is 0.474. The molecule has 2 aromatic rings. The van der Waals surface area contributed by atoms with Crippen LogP contribution < -0.4 is 4.73 Å². The van der Waals surface area contributed by atoms with E-state index in [2.05, 4.69) is 10.1 Å². The van der Waals surface area contributed by atoms with Gasteiger partial charge in [0, 0.05) is 37.2 Å². The van der Waals surface area contributed by atoms with Crippen LogP contribution in [0.5, 0.6) is 0 Å². The molecule has 0 N–H and O–H groups in total. The van der Waals surface area contributed by atoms with Crippen LogP contribution in [0, 0.1) is 5.21 Å². The molecule has 144 valence electrons. The molecule has 1 amide bonds. The van der Waals surface area contributed by atoms with Crippen molar-refractivity contribution >= 4 is 18.2 Å². The molecule has 0 aliphatic carbocycles. The maximum Gasteiger partial charge on any atom is 0.410 e. The highest BCUT2D eigenvalue weighted by molar-refractivity contribution is 5.68. The summed E-state index contributed by atoms with van der Waals surface area (Å²) in [5.41, 5.74) is 0.378. The lowest BCUT2D eigenvalue weighted by Gasteiger charge is -2.32. The van der Waals surface area contributed by atoms with E-state index in [0.717, 1.165) is 23.1 Å². The fourth-order valence-corrected chi connectivity index (χ4v) is 2.83. The number of carbonyl (C=O) groups excluding carboxylic acids is 1. The summed E-state index contributed by atoms with van der Waals surface area (Å²) in [5, 5.41) is 15.1. The first-order valence-corrected chi connectivity index (χ1v) is 8.98. The molecule has 0 aromatic carbocycles. The quantitative estimate of drug-likeness (QED) is 0.607. The molecule has 0 saturated carbocycles. The third kappa shape index (κ3) is 5.29. The number of hydrogen-bond donors (Lipinski definition) is 0. The molecule has 0 atom stereocenters. The second-order valence-electron chi connectivity index (χ2n) is 7.56. The van der Waals surface area contributed by atoms with Crippen LogP contribution in [-0.2, 0) is 4.74 Å². The summed E-state index contributed by atoms with van der Waals surface area (Å²) in [6.45, 7) is 6.80. The Morgan fingerprint density at radius 3 is 2.59 bits per heavy atom. The Morgan fingerprint density at radius 1 is 1.30 bits per heavy atom. The molecule has 1 aliphatic heterocycles. The summed E-state index contributed by atoms with van der Waals surface area (Å²) in [4.78, 5) is 18.3. The van der Waals surface area contributed by atoms with Gasteiger partial charge in [-0.15, -0.1) is 0 Å². The Bertz CT molecular complexity index is 800. The molecular formula is C19H24N4O4. The largest absolute Gasteiger partial charge is 0.619 e. The van der Waals surface area contributed by atoms with Gasteiger partial charge in [0.15, 0.2) is 18.2 Å². The summed E-state index contributed by atoms with van der Waals surface area (Å²) in [7, 11) is 0. The second kappa shape index (κ2) is 7.77. The molecule has 2 aromatic heterocycles. The van der Waals surface area contributed by atoms with E-state index in [4.69, 9.17) is 9.26 Å². The fourth-order valence-electron chi connectivity index (χ4n) is 2.83. The van der Waals surface area contributed by atoms with E-state index in [-0.39, 0.29) is 12.0 Å². The number of amides is 1. The second-order valence-corrected chi connectivity index (χ2v) is 7.56. The van der Waals surface area contributed by atoms with Crippen molar-refractivity contribution in [1.82, 2.24) is 15.0 Å². The number of ether oxygens (including phenoxy) is 1. The minimum atomic E-state index is -0.491. The lowest BCUT2D eigenvalue weighted by molar-refractivity contribution is -0.605. The first kappa shape index (κ1) is 18.9. The number of aromatic nitrogens is 3. The average molecular weight is 372 g/mol. The van der Waals surface area contributed by atoms with Crippen molar-refractivity contribution in [2.75, 3.05) is 13.1 Å². The predicted molar refractivity (Wildman–Crippen MR) is 98.4 cm³/mol. The summed E-state index contributed by atoms with van der Waals surface area (Å²) >= 11 is 0. The van der Waals surface area contributed by atoms with Crippen LogP contribution in [0.2, 0.25) is 0 Å². The van der Waals surface area contributed by atoms with Gasteiger partial charge < -0.3 is 19.4 Å². The summed E-state index contributed by atoms with van der Waals surface area (Å²) in [6, 6.07) is 3.40. The van der Waals surface area contributed by atoms with Gasteiger partial charge in [-0.2, -0.15) is 9.71 Å². The zero-order valence-electron chi connectivity index (χ0n) is 15.8. The Balaban J connectivity index is 1.55. The number of rotatable bonds is 3. The number of piperidine rings is 1. The van der Waals surface area contributed by atoms with Gasteiger partial charge in [0.2, 0.25) is 0 Å². The molecule has 1 fully saturated rings. The molecule has 0 spiro atoms. The summed E-state index contributed by atoms with van der Waals surface area (Å²) in [6.07, 6.45) is 7.64. The van der Waals surface area contributed by atoms with Crippen LogP contribution in [0.3, 0.4) is 0 Å². The van der Waals surface area contributed by atoms with Gasteiger partial charge in [-0.05, 0) is 45.3 Å². The van der Waals surface area contributed by atoms with Crippen LogP contribution in [0.15, 0.2) is 29.0 Å². The van der Waals surface area contributed by atoms with Crippen molar-refractivity contribution in [3.63, 3.8) is 0 Å². The molecule has 1 saturated heterocycles. The summed E-state index contributed by atoms with van der Waals surface area (Å²) < 4.78 is 11.4. The Morgan fingerprint density at radius 2 is 1.96 bits per heavy atom. The predicted octanol–water partition coefficient (Wildman–Crippen LogP) is 2.99. The highest BCUT2D eigenvalue weighted by Crippen LogP contribution is 2.27. The van der Waals surface area contributed by atoms with Crippen molar-refractivity contribution in [2.24, 2.45) is 0 Å². The van der Waals surface area contributed by atoms with E-state index in [1.54, 1.807) is 23.1 Å². The monoisotopic (exact) mass is 372 g/mol. The van der Waals surface area contributed by atoms with Crippen molar-refractivity contribution < 1.29 is 18.8 Å². The number of likely N-dealkylation sites (tertiary alicyclic amines) is 1. The molecule has 3 heterocycles. The number of carbonyl (C=O) groups is 1. The van der Waals surface area contributed by atoms with Gasteiger partial charge in [-0.25, -0.2) is 4.79 Å². The maximum absolute atomic E-state index is 12.1.